The highest BCUT2D eigenvalue weighted by atomic mass is 32.2. The zero-order valence-corrected chi connectivity index (χ0v) is 13.1. The van der Waals surface area contributed by atoms with Crippen LogP contribution < -0.4 is 5.73 Å². The maximum atomic E-state index is 5.70. The van der Waals surface area contributed by atoms with E-state index >= 15 is 0 Å². The van der Waals surface area contributed by atoms with Gasteiger partial charge in [-0.3, -0.25) is 0 Å². The Labute approximate surface area is 121 Å². The summed E-state index contributed by atoms with van der Waals surface area (Å²) in [4.78, 5) is 8.60. The smallest absolute Gasteiger partial charge is 0.189 e. The van der Waals surface area contributed by atoms with Gasteiger partial charge in [0.25, 0.3) is 0 Å². The number of thioether (sulfide) groups is 1. The topological polar surface area (TPSA) is 51.8 Å². The van der Waals surface area contributed by atoms with Gasteiger partial charge in [0.2, 0.25) is 0 Å². The summed E-state index contributed by atoms with van der Waals surface area (Å²) < 4.78 is 0. The van der Waals surface area contributed by atoms with Gasteiger partial charge in [-0.1, -0.05) is 63.6 Å². The molecule has 0 saturated heterocycles. The number of nitrogens with two attached hydrogens (primary N) is 1. The number of nitrogen functional groups attached to an aromatic ring is 1. The van der Waals surface area contributed by atoms with Crippen molar-refractivity contribution in [2.24, 2.45) is 0 Å². The van der Waals surface area contributed by atoms with Crippen molar-refractivity contribution in [2.45, 2.75) is 70.4 Å². The molecule has 1 aromatic rings. The predicted molar refractivity (Wildman–Crippen MR) is 84.5 cm³/mol. The molecular formula is C15H27N3S. The van der Waals surface area contributed by atoms with Crippen LogP contribution in [0.3, 0.4) is 0 Å². The number of aromatic nitrogens is 2. The molecule has 0 aliphatic carbocycles. The number of anilines is 1. The highest BCUT2D eigenvalue weighted by Gasteiger charge is 2.00. The fourth-order valence-electron chi connectivity index (χ4n) is 2.03. The van der Waals surface area contributed by atoms with E-state index < -0.39 is 0 Å². The summed E-state index contributed by atoms with van der Waals surface area (Å²) in [5, 5.41) is 0.820. The van der Waals surface area contributed by atoms with Crippen molar-refractivity contribution in [2.75, 3.05) is 11.5 Å². The number of nitrogens with zero attached hydrogens (tertiary/aromatic N) is 2. The zero-order chi connectivity index (χ0) is 13.9. The quantitative estimate of drug-likeness (QED) is 0.387. The Hall–Kier alpha value is -0.770. The van der Waals surface area contributed by atoms with Crippen molar-refractivity contribution in [1.29, 1.82) is 0 Å². The fraction of sp³-hybridized carbons (Fsp3) is 0.733. The minimum atomic E-state index is 0.575. The SMILES string of the molecule is CCCCCCCCCCSc1nc(C)cc(N)n1. The number of hydrogen-bond acceptors (Lipinski definition) is 4. The first-order valence-electron chi connectivity index (χ1n) is 7.46. The van der Waals surface area contributed by atoms with Gasteiger partial charge in [0.05, 0.1) is 0 Å². The monoisotopic (exact) mass is 281 g/mol. The molecule has 0 amide bonds. The van der Waals surface area contributed by atoms with Crippen LogP contribution in [0, 0.1) is 6.92 Å². The van der Waals surface area contributed by atoms with E-state index in [0.717, 1.165) is 16.6 Å². The van der Waals surface area contributed by atoms with E-state index in [1.54, 1.807) is 17.8 Å². The second kappa shape index (κ2) is 10.1. The predicted octanol–water partition coefficient (Wildman–Crippen LogP) is 4.60. The molecule has 0 unspecified atom stereocenters. The molecule has 1 heterocycles. The highest BCUT2D eigenvalue weighted by Crippen LogP contribution is 2.17. The second-order valence-corrected chi connectivity index (χ2v) is 6.10. The van der Waals surface area contributed by atoms with E-state index in [0.29, 0.717) is 5.82 Å². The van der Waals surface area contributed by atoms with Crippen molar-refractivity contribution < 1.29 is 0 Å². The Bertz CT molecular complexity index is 335. The van der Waals surface area contributed by atoms with Gasteiger partial charge < -0.3 is 5.73 Å². The van der Waals surface area contributed by atoms with Gasteiger partial charge in [-0.2, -0.15) is 0 Å². The first-order valence-corrected chi connectivity index (χ1v) is 8.45. The molecule has 2 N–H and O–H groups in total. The lowest BCUT2D eigenvalue weighted by Crippen LogP contribution is -1.97. The van der Waals surface area contributed by atoms with Gasteiger partial charge in [0.1, 0.15) is 5.82 Å². The standard InChI is InChI=1S/C15H27N3S/c1-3-4-5-6-7-8-9-10-11-19-15-17-13(2)12-14(16)18-15/h12H,3-11H2,1-2H3,(H2,16,17,18). The van der Waals surface area contributed by atoms with E-state index in [1.807, 2.05) is 6.92 Å². The maximum Gasteiger partial charge on any atom is 0.189 e. The largest absolute Gasteiger partial charge is 0.384 e. The van der Waals surface area contributed by atoms with E-state index in [9.17, 15) is 0 Å². The fourth-order valence-corrected chi connectivity index (χ4v) is 2.94. The third kappa shape index (κ3) is 8.09. The van der Waals surface area contributed by atoms with Crippen LogP contribution in [0.25, 0.3) is 0 Å². The third-order valence-corrected chi connectivity index (χ3v) is 4.02. The number of aryl methyl sites for hydroxylation is 1. The maximum absolute atomic E-state index is 5.70. The molecule has 0 radical (unpaired) electrons. The van der Waals surface area contributed by atoms with Gasteiger partial charge in [-0.15, -0.1) is 0 Å². The van der Waals surface area contributed by atoms with Crippen LogP contribution in [0.4, 0.5) is 5.82 Å². The van der Waals surface area contributed by atoms with Crippen molar-refractivity contribution >= 4 is 17.6 Å². The summed E-state index contributed by atoms with van der Waals surface area (Å²) in [7, 11) is 0. The molecule has 0 fully saturated rings. The summed E-state index contributed by atoms with van der Waals surface area (Å²) in [5.41, 5.74) is 6.65. The lowest BCUT2D eigenvalue weighted by Gasteiger charge is -2.03. The van der Waals surface area contributed by atoms with Crippen LogP contribution in [0.1, 0.15) is 64.0 Å². The Balaban J connectivity index is 2.01. The third-order valence-electron chi connectivity index (χ3n) is 3.08. The molecule has 1 aromatic heterocycles. The van der Waals surface area contributed by atoms with Crippen LogP contribution in [0.2, 0.25) is 0 Å². The summed E-state index contributed by atoms with van der Waals surface area (Å²) in [6, 6.07) is 1.81. The molecule has 1 rings (SSSR count). The van der Waals surface area contributed by atoms with Crippen molar-refractivity contribution in [1.82, 2.24) is 9.97 Å². The highest BCUT2D eigenvalue weighted by molar-refractivity contribution is 7.99. The van der Waals surface area contributed by atoms with E-state index in [1.165, 1.54) is 51.4 Å². The number of rotatable bonds is 10. The molecule has 0 aliphatic rings. The van der Waals surface area contributed by atoms with Crippen LogP contribution in [-0.2, 0) is 0 Å². The number of hydrogen-bond donors (Lipinski definition) is 1. The van der Waals surface area contributed by atoms with Gasteiger partial charge in [0, 0.05) is 17.5 Å². The first-order chi connectivity index (χ1) is 9.22. The van der Waals surface area contributed by atoms with Gasteiger partial charge in [-0.05, 0) is 13.3 Å². The van der Waals surface area contributed by atoms with Crippen LogP contribution in [0.15, 0.2) is 11.2 Å². The molecule has 19 heavy (non-hydrogen) atoms. The van der Waals surface area contributed by atoms with Gasteiger partial charge in [-0.25, -0.2) is 9.97 Å². The number of unbranched alkanes of at least 4 members (excludes halogenated alkanes) is 7. The summed E-state index contributed by atoms with van der Waals surface area (Å²) in [6.07, 6.45) is 10.8. The molecule has 3 nitrogen and oxygen atoms in total. The van der Waals surface area contributed by atoms with Crippen molar-refractivity contribution in [3.63, 3.8) is 0 Å². The van der Waals surface area contributed by atoms with Crippen LogP contribution in [-0.4, -0.2) is 15.7 Å². The van der Waals surface area contributed by atoms with Crippen molar-refractivity contribution in [3.05, 3.63) is 11.8 Å². The second-order valence-electron chi connectivity index (χ2n) is 5.04. The molecule has 0 spiro atoms. The minimum absolute atomic E-state index is 0.575. The van der Waals surface area contributed by atoms with Crippen LogP contribution in [0.5, 0.6) is 0 Å². The minimum Gasteiger partial charge on any atom is -0.384 e. The van der Waals surface area contributed by atoms with Crippen molar-refractivity contribution in [3.8, 4) is 0 Å². The lowest BCUT2D eigenvalue weighted by atomic mass is 10.1. The summed E-state index contributed by atoms with van der Waals surface area (Å²) in [6.45, 7) is 4.22. The van der Waals surface area contributed by atoms with Gasteiger partial charge in [0.15, 0.2) is 5.16 Å². The zero-order valence-electron chi connectivity index (χ0n) is 12.3. The summed E-state index contributed by atoms with van der Waals surface area (Å²) in [5.74, 6) is 1.67. The molecule has 0 bridgehead atoms. The molecule has 4 heteroatoms. The molecule has 0 aromatic carbocycles. The Morgan fingerprint density at radius 2 is 1.63 bits per heavy atom. The average Bonchev–Trinajstić information content (AvgIpc) is 2.36. The first kappa shape index (κ1) is 16.3. The Kier molecular flexibility index (Phi) is 8.63. The van der Waals surface area contributed by atoms with Gasteiger partial charge >= 0.3 is 0 Å². The average molecular weight is 281 g/mol. The normalized spacial score (nSPS) is 10.8. The molecule has 0 atom stereocenters. The molecule has 0 aliphatic heterocycles. The molecule has 108 valence electrons. The molecular weight excluding hydrogens is 254 g/mol. The Morgan fingerprint density at radius 1 is 1.00 bits per heavy atom. The molecule has 0 saturated carbocycles. The van der Waals surface area contributed by atoms with Crippen LogP contribution >= 0.6 is 11.8 Å². The lowest BCUT2D eigenvalue weighted by molar-refractivity contribution is 0.586. The van der Waals surface area contributed by atoms with E-state index in [-0.39, 0.29) is 0 Å². The van der Waals surface area contributed by atoms with E-state index in [4.69, 9.17) is 5.73 Å². The summed E-state index contributed by atoms with van der Waals surface area (Å²) >= 11 is 1.72. The Morgan fingerprint density at radius 3 is 2.26 bits per heavy atom. The van der Waals surface area contributed by atoms with E-state index in [2.05, 4.69) is 16.9 Å².